The molecule has 0 saturated heterocycles. The lowest BCUT2D eigenvalue weighted by atomic mass is 10.1. The highest BCUT2D eigenvalue weighted by molar-refractivity contribution is 6.29. The third-order valence-electron chi connectivity index (χ3n) is 3.29. The van der Waals surface area contributed by atoms with E-state index in [9.17, 15) is 4.79 Å². The zero-order chi connectivity index (χ0) is 17.3. The molecule has 3 aromatic heterocycles. The Morgan fingerprint density at radius 3 is 2.88 bits per heavy atom. The number of pyridine rings is 1. The number of fused-ring (bicyclic) bond motifs is 1. The molecule has 3 heterocycles. The molecule has 0 spiro atoms. The first-order valence-electron chi connectivity index (χ1n) is 7.37. The van der Waals surface area contributed by atoms with Crippen molar-refractivity contribution in [2.45, 2.75) is 19.4 Å². The van der Waals surface area contributed by atoms with Gasteiger partial charge in [-0.25, -0.2) is 9.97 Å². The maximum Gasteiger partial charge on any atom is 0.271 e. The van der Waals surface area contributed by atoms with Gasteiger partial charge in [-0.15, -0.1) is 0 Å². The van der Waals surface area contributed by atoms with Crippen molar-refractivity contribution in [1.29, 1.82) is 0 Å². The third-order valence-corrected chi connectivity index (χ3v) is 3.50. The van der Waals surface area contributed by atoms with Gasteiger partial charge in [-0.3, -0.25) is 9.78 Å². The molecule has 0 aliphatic rings. The quantitative estimate of drug-likeness (QED) is 0.628. The molecule has 0 unspecified atom stereocenters. The molecule has 0 bridgehead atoms. The summed E-state index contributed by atoms with van der Waals surface area (Å²) in [6.45, 7) is 4.00. The Bertz CT molecular complexity index is 899. The van der Waals surface area contributed by atoms with Crippen LogP contribution in [0.5, 0.6) is 0 Å². The second-order valence-corrected chi connectivity index (χ2v) is 6.60. The molecule has 3 aromatic rings. The minimum absolute atomic E-state index is 0.224. The molecule has 8 heteroatoms. The van der Waals surface area contributed by atoms with Gasteiger partial charge in [0.1, 0.15) is 22.2 Å². The van der Waals surface area contributed by atoms with Gasteiger partial charge in [-0.05, 0) is 32.0 Å². The Morgan fingerprint density at radius 2 is 2.12 bits per heavy atom. The normalized spacial score (nSPS) is 11.7. The van der Waals surface area contributed by atoms with E-state index in [1.165, 1.54) is 6.20 Å². The Hall–Kier alpha value is -2.51. The number of carbonyl (C=O) groups excluding carboxylic acids is 1. The van der Waals surface area contributed by atoms with Crippen molar-refractivity contribution in [2.75, 3.05) is 6.54 Å². The minimum Gasteiger partial charge on any atom is -0.349 e. The van der Waals surface area contributed by atoms with Gasteiger partial charge in [-0.2, -0.15) is 0 Å². The van der Waals surface area contributed by atoms with Crippen LogP contribution < -0.4 is 11.1 Å². The van der Waals surface area contributed by atoms with Crippen molar-refractivity contribution >= 4 is 28.5 Å². The van der Waals surface area contributed by atoms with Crippen LogP contribution in [0.4, 0.5) is 0 Å². The van der Waals surface area contributed by atoms with Gasteiger partial charge in [0, 0.05) is 17.5 Å². The van der Waals surface area contributed by atoms with Crippen molar-refractivity contribution < 1.29 is 4.79 Å². The summed E-state index contributed by atoms with van der Waals surface area (Å²) >= 11 is 5.89. The number of aromatic nitrogens is 4. The second-order valence-electron chi connectivity index (χ2n) is 6.22. The highest BCUT2D eigenvalue weighted by Crippen LogP contribution is 2.22. The number of H-pyrrole nitrogens is 1. The van der Waals surface area contributed by atoms with Crippen LogP contribution in [-0.4, -0.2) is 37.9 Å². The van der Waals surface area contributed by atoms with Gasteiger partial charge in [0.15, 0.2) is 0 Å². The highest BCUT2D eigenvalue weighted by Gasteiger charge is 2.15. The summed E-state index contributed by atoms with van der Waals surface area (Å²) in [5, 5.41) is 4.05. The summed E-state index contributed by atoms with van der Waals surface area (Å²) in [6.07, 6.45) is 3.00. The van der Waals surface area contributed by atoms with Crippen molar-refractivity contribution in [1.82, 2.24) is 25.3 Å². The Kier molecular flexibility index (Phi) is 4.21. The zero-order valence-electron chi connectivity index (χ0n) is 13.3. The Morgan fingerprint density at radius 1 is 1.33 bits per heavy atom. The Labute approximate surface area is 143 Å². The molecule has 0 atom stereocenters. The average Bonchev–Trinajstić information content (AvgIpc) is 2.95. The van der Waals surface area contributed by atoms with Crippen LogP contribution in [-0.2, 0) is 0 Å². The van der Waals surface area contributed by atoms with Gasteiger partial charge in [0.2, 0.25) is 0 Å². The fraction of sp³-hybridized carbons (Fsp3) is 0.250. The van der Waals surface area contributed by atoms with E-state index in [-0.39, 0.29) is 11.6 Å². The van der Waals surface area contributed by atoms with Gasteiger partial charge in [-0.1, -0.05) is 11.6 Å². The number of rotatable bonds is 4. The number of halogens is 1. The molecule has 124 valence electrons. The SMILES string of the molecule is CC(C)(N)CNC(=O)c1cncc(-c2cc3ccc(Cl)nc3[nH]2)n1. The molecular formula is C16H17ClN6O. The fourth-order valence-electron chi connectivity index (χ4n) is 2.12. The number of aromatic amines is 1. The van der Waals surface area contributed by atoms with Crippen LogP contribution in [0.15, 0.2) is 30.6 Å². The fourth-order valence-corrected chi connectivity index (χ4v) is 2.27. The maximum absolute atomic E-state index is 12.2. The first-order valence-corrected chi connectivity index (χ1v) is 7.74. The predicted octanol–water partition coefficient (Wildman–Crippen LogP) is 2.14. The summed E-state index contributed by atoms with van der Waals surface area (Å²) in [4.78, 5) is 28.0. The van der Waals surface area contributed by atoms with E-state index in [1.54, 1.807) is 12.3 Å². The number of nitrogens with zero attached hydrogens (tertiary/aromatic N) is 3. The van der Waals surface area contributed by atoms with E-state index in [4.69, 9.17) is 17.3 Å². The van der Waals surface area contributed by atoms with E-state index >= 15 is 0 Å². The minimum atomic E-state index is -0.497. The second kappa shape index (κ2) is 6.18. The number of hydrogen-bond donors (Lipinski definition) is 3. The molecule has 0 aromatic carbocycles. The van der Waals surface area contributed by atoms with E-state index in [0.29, 0.717) is 28.7 Å². The van der Waals surface area contributed by atoms with Crippen molar-refractivity contribution in [2.24, 2.45) is 5.73 Å². The molecule has 1 amide bonds. The average molecular weight is 345 g/mol. The third kappa shape index (κ3) is 3.69. The molecule has 0 aliphatic heterocycles. The molecule has 0 radical (unpaired) electrons. The van der Waals surface area contributed by atoms with Crippen molar-refractivity contribution in [3.8, 4) is 11.4 Å². The summed E-state index contributed by atoms with van der Waals surface area (Å²) in [5.74, 6) is -0.319. The number of nitrogens with one attached hydrogen (secondary N) is 2. The van der Waals surface area contributed by atoms with Crippen LogP contribution in [0.2, 0.25) is 5.15 Å². The van der Waals surface area contributed by atoms with Gasteiger partial charge >= 0.3 is 0 Å². The molecule has 3 rings (SSSR count). The molecular weight excluding hydrogens is 328 g/mol. The highest BCUT2D eigenvalue weighted by atomic mass is 35.5. The summed E-state index contributed by atoms with van der Waals surface area (Å²) < 4.78 is 0. The van der Waals surface area contributed by atoms with Gasteiger partial charge in [0.25, 0.3) is 5.91 Å². The monoisotopic (exact) mass is 344 g/mol. The van der Waals surface area contributed by atoms with Crippen LogP contribution in [0.25, 0.3) is 22.4 Å². The van der Waals surface area contributed by atoms with E-state index in [0.717, 1.165) is 5.39 Å². The van der Waals surface area contributed by atoms with Crippen molar-refractivity contribution in [3.63, 3.8) is 0 Å². The lowest BCUT2D eigenvalue weighted by molar-refractivity contribution is 0.0940. The number of amides is 1. The molecule has 24 heavy (non-hydrogen) atoms. The predicted molar refractivity (Wildman–Crippen MR) is 92.7 cm³/mol. The smallest absolute Gasteiger partial charge is 0.271 e. The first-order chi connectivity index (χ1) is 11.3. The molecule has 0 saturated carbocycles. The molecule has 7 nitrogen and oxygen atoms in total. The topological polar surface area (TPSA) is 110 Å². The zero-order valence-corrected chi connectivity index (χ0v) is 14.1. The first kappa shape index (κ1) is 16.4. The summed E-state index contributed by atoms with van der Waals surface area (Å²) in [5.41, 5.74) is 7.50. The molecule has 0 aliphatic carbocycles. The molecule has 4 N–H and O–H groups in total. The van der Waals surface area contributed by atoms with E-state index in [2.05, 4.69) is 25.3 Å². The summed E-state index contributed by atoms with van der Waals surface area (Å²) in [7, 11) is 0. The standard InChI is InChI=1S/C16H17ClN6O/c1-16(2,18)8-20-15(24)12-7-19-6-11(21-12)10-5-9-3-4-13(17)23-14(9)22-10/h3-7H,8,18H2,1-2H3,(H,20,24)(H,22,23). The van der Waals surface area contributed by atoms with Crippen molar-refractivity contribution in [3.05, 3.63) is 41.4 Å². The number of hydrogen-bond acceptors (Lipinski definition) is 5. The Balaban J connectivity index is 1.87. The van der Waals surface area contributed by atoms with Gasteiger partial charge in [0.05, 0.1) is 18.1 Å². The lowest BCUT2D eigenvalue weighted by Crippen LogP contribution is -2.45. The van der Waals surface area contributed by atoms with Crippen LogP contribution >= 0.6 is 11.6 Å². The van der Waals surface area contributed by atoms with Crippen LogP contribution in [0.3, 0.4) is 0 Å². The molecule has 0 fully saturated rings. The van der Waals surface area contributed by atoms with Crippen LogP contribution in [0, 0.1) is 0 Å². The maximum atomic E-state index is 12.2. The largest absolute Gasteiger partial charge is 0.349 e. The van der Waals surface area contributed by atoms with Gasteiger partial charge < -0.3 is 16.0 Å². The van der Waals surface area contributed by atoms with E-state index in [1.807, 2.05) is 26.0 Å². The van der Waals surface area contributed by atoms with E-state index < -0.39 is 5.54 Å². The van der Waals surface area contributed by atoms with Crippen LogP contribution in [0.1, 0.15) is 24.3 Å². The lowest BCUT2D eigenvalue weighted by Gasteiger charge is -2.18. The number of carbonyl (C=O) groups is 1. The summed E-state index contributed by atoms with van der Waals surface area (Å²) in [6, 6.07) is 5.46. The number of nitrogens with two attached hydrogens (primary N) is 1.